The molecule has 0 bridgehead atoms. The molecule has 7 nitrogen and oxygen atoms in total. The standard InChI is InChI=1S/C20H22BrN5O2S/c1-2-19-23-25(14-24-9-11-27-12-10-24)20(29)26(19)22-13-17-7-8-18(28-17)15-3-5-16(21)6-4-15/h3-8,13H,2,9-12,14H2,1H3/b22-13+. The Morgan fingerprint density at radius 3 is 2.66 bits per heavy atom. The molecule has 1 aromatic carbocycles. The molecule has 0 radical (unpaired) electrons. The van der Waals surface area contributed by atoms with E-state index < -0.39 is 0 Å². The van der Waals surface area contributed by atoms with Gasteiger partial charge in [0.1, 0.15) is 11.5 Å². The lowest BCUT2D eigenvalue weighted by atomic mass is 10.2. The van der Waals surface area contributed by atoms with Gasteiger partial charge in [-0.25, -0.2) is 4.68 Å². The maximum Gasteiger partial charge on any atom is 0.220 e. The average molecular weight is 476 g/mol. The van der Waals surface area contributed by atoms with Crippen LogP contribution in [0.3, 0.4) is 0 Å². The molecule has 0 spiro atoms. The first-order chi connectivity index (χ1) is 14.1. The second-order valence-electron chi connectivity index (χ2n) is 6.69. The van der Waals surface area contributed by atoms with Crippen LogP contribution in [0, 0.1) is 4.77 Å². The highest BCUT2D eigenvalue weighted by Crippen LogP contribution is 2.23. The fraction of sp³-hybridized carbons (Fsp3) is 0.350. The number of hydrogen-bond acceptors (Lipinski definition) is 6. The number of rotatable bonds is 6. The maximum absolute atomic E-state index is 5.91. The molecule has 0 aliphatic carbocycles. The Hall–Kier alpha value is -2.07. The van der Waals surface area contributed by atoms with E-state index in [1.54, 1.807) is 10.9 Å². The van der Waals surface area contributed by atoms with Gasteiger partial charge in [0.15, 0.2) is 5.82 Å². The first-order valence-electron chi connectivity index (χ1n) is 9.53. The number of benzene rings is 1. The summed E-state index contributed by atoms with van der Waals surface area (Å²) in [5.41, 5.74) is 1.01. The molecule has 29 heavy (non-hydrogen) atoms. The molecule has 9 heteroatoms. The van der Waals surface area contributed by atoms with E-state index in [9.17, 15) is 0 Å². The first-order valence-corrected chi connectivity index (χ1v) is 10.7. The Morgan fingerprint density at radius 2 is 1.93 bits per heavy atom. The molecular formula is C20H22BrN5O2S. The van der Waals surface area contributed by atoms with Gasteiger partial charge >= 0.3 is 0 Å². The normalized spacial score (nSPS) is 15.4. The van der Waals surface area contributed by atoms with Crippen LogP contribution in [0.4, 0.5) is 0 Å². The molecule has 1 saturated heterocycles. The fourth-order valence-corrected chi connectivity index (χ4v) is 3.63. The average Bonchev–Trinajstić information content (AvgIpc) is 3.33. The van der Waals surface area contributed by atoms with E-state index in [1.807, 2.05) is 48.0 Å². The lowest BCUT2D eigenvalue weighted by Gasteiger charge is -2.25. The summed E-state index contributed by atoms with van der Waals surface area (Å²) in [4.78, 5) is 2.27. The molecule has 4 rings (SSSR count). The Labute approximate surface area is 182 Å². The zero-order valence-electron chi connectivity index (χ0n) is 16.1. The third kappa shape index (κ3) is 4.75. The van der Waals surface area contributed by atoms with E-state index in [2.05, 4.69) is 31.0 Å². The Morgan fingerprint density at radius 1 is 1.17 bits per heavy atom. The summed E-state index contributed by atoms with van der Waals surface area (Å²) < 4.78 is 16.5. The Balaban J connectivity index is 1.53. The number of halogens is 1. The monoisotopic (exact) mass is 475 g/mol. The van der Waals surface area contributed by atoms with Gasteiger partial charge in [-0.05, 0) is 36.5 Å². The van der Waals surface area contributed by atoms with Gasteiger partial charge in [0.05, 0.1) is 26.1 Å². The summed E-state index contributed by atoms with van der Waals surface area (Å²) in [5, 5.41) is 9.18. The van der Waals surface area contributed by atoms with Crippen molar-refractivity contribution in [3.05, 3.63) is 57.2 Å². The largest absolute Gasteiger partial charge is 0.455 e. The topological polar surface area (TPSA) is 60.7 Å². The highest BCUT2D eigenvalue weighted by Gasteiger charge is 2.15. The zero-order valence-corrected chi connectivity index (χ0v) is 18.5. The number of morpholine rings is 1. The van der Waals surface area contributed by atoms with E-state index >= 15 is 0 Å². The van der Waals surface area contributed by atoms with Crippen LogP contribution in [0.15, 0.2) is 50.4 Å². The molecule has 0 unspecified atom stereocenters. The Bertz CT molecular complexity index is 1050. The van der Waals surface area contributed by atoms with Crippen molar-refractivity contribution in [1.82, 2.24) is 19.4 Å². The van der Waals surface area contributed by atoms with Gasteiger partial charge in [0, 0.05) is 29.5 Å². The third-order valence-electron chi connectivity index (χ3n) is 4.69. The van der Waals surface area contributed by atoms with Crippen LogP contribution in [-0.4, -0.2) is 51.9 Å². The van der Waals surface area contributed by atoms with E-state index in [1.165, 1.54) is 0 Å². The lowest BCUT2D eigenvalue weighted by Crippen LogP contribution is -2.37. The van der Waals surface area contributed by atoms with Crippen molar-refractivity contribution in [3.8, 4) is 11.3 Å². The molecule has 1 aliphatic heterocycles. The van der Waals surface area contributed by atoms with Gasteiger partial charge in [-0.3, -0.25) is 4.90 Å². The highest BCUT2D eigenvalue weighted by atomic mass is 79.9. The molecule has 1 fully saturated rings. The summed E-state index contributed by atoms with van der Waals surface area (Å²) in [7, 11) is 0. The predicted molar refractivity (Wildman–Crippen MR) is 118 cm³/mol. The lowest BCUT2D eigenvalue weighted by molar-refractivity contribution is 0.0209. The number of ether oxygens (including phenoxy) is 1. The summed E-state index contributed by atoms with van der Waals surface area (Å²) in [6.07, 6.45) is 2.41. The van der Waals surface area contributed by atoms with Crippen LogP contribution in [0.1, 0.15) is 18.5 Å². The van der Waals surface area contributed by atoms with Crippen molar-refractivity contribution in [2.75, 3.05) is 26.3 Å². The molecular weight excluding hydrogens is 454 g/mol. The molecule has 3 aromatic rings. The van der Waals surface area contributed by atoms with Gasteiger partial charge in [-0.15, -0.1) is 0 Å². The van der Waals surface area contributed by atoms with Gasteiger partial charge in [-0.1, -0.05) is 35.0 Å². The minimum absolute atomic E-state index is 0.573. The van der Waals surface area contributed by atoms with E-state index in [0.717, 1.165) is 54.3 Å². The smallest absolute Gasteiger partial charge is 0.220 e. The van der Waals surface area contributed by atoms with Crippen LogP contribution in [0.2, 0.25) is 0 Å². The molecule has 0 amide bonds. The van der Waals surface area contributed by atoms with E-state index in [-0.39, 0.29) is 0 Å². The van der Waals surface area contributed by atoms with Crippen molar-refractivity contribution in [2.45, 2.75) is 20.0 Å². The predicted octanol–water partition coefficient (Wildman–Crippen LogP) is 4.17. The second kappa shape index (κ2) is 9.17. The van der Waals surface area contributed by atoms with Gasteiger partial charge in [-0.2, -0.15) is 14.9 Å². The minimum atomic E-state index is 0.573. The van der Waals surface area contributed by atoms with Crippen molar-refractivity contribution in [2.24, 2.45) is 5.10 Å². The van der Waals surface area contributed by atoms with Crippen LogP contribution < -0.4 is 0 Å². The summed E-state index contributed by atoms with van der Waals surface area (Å²) >= 11 is 9.06. The van der Waals surface area contributed by atoms with Crippen LogP contribution >= 0.6 is 28.1 Å². The van der Waals surface area contributed by atoms with E-state index in [4.69, 9.17) is 21.4 Å². The van der Waals surface area contributed by atoms with Gasteiger partial charge in [0.25, 0.3) is 0 Å². The van der Waals surface area contributed by atoms with Crippen molar-refractivity contribution >= 4 is 34.4 Å². The minimum Gasteiger partial charge on any atom is -0.455 e. The molecule has 0 N–H and O–H groups in total. The molecule has 3 heterocycles. The third-order valence-corrected chi connectivity index (χ3v) is 5.60. The molecule has 152 valence electrons. The molecule has 0 saturated carbocycles. The number of furan rings is 1. The maximum atomic E-state index is 5.91. The van der Waals surface area contributed by atoms with Crippen LogP contribution in [0.5, 0.6) is 0 Å². The Kier molecular flexibility index (Phi) is 6.39. The SMILES string of the molecule is CCc1nn(CN2CCOCC2)c(=S)n1/N=C/c1ccc(-c2ccc(Br)cc2)o1. The summed E-state index contributed by atoms with van der Waals surface area (Å²) in [6.45, 7) is 5.93. The highest BCUT2D eigenvalue weighted by molar-refractivity contribution is 9.10. The number of aryl methyl sites for hydroxylation is 1. The fourth-order valence-electron chi connectivity index (χ4n) is 3.11. The number of hydrogen-bond donors (Lipinski definition) is 0. The van der Waals surface area contributed by atoms with Crippen LogP contribution in [0.25, 0.3) is 11.3 Å². The molecule has 1 aliphatic rings. The van der Waals surface area contributed by atoms with Gasteiger partial charge < -0.3 is 9.15 Å². The summed E-state index contributed by atoms with van der Waals surface area (Å²) in [5.74, 6) is 2.27. The van der Waals surface area contributed by atoms with Crippen LogP contribution in [-0.2, 0) is 17.8 Å². The molecule has 2 aromatic heterocycles. The van der Waals surface area contributed by atoms with Crippen molar-refractivity contribution in [1.29, 1.82) is 0 Å². The quantitative estimate of drug-likeness (QED) is 0.395. The van der Waals surface area contributed by atoms with Gasteiger partial charge in [0.2, 0.25) is 4.77 Å². The second-order valence-corrected chi connectivity index (χ2v) is 7.97. The number of nitrogens with zero attached hydrogens (tertiary/aromatic N) is 5. The number of aromatic nitrogens is 3. The zero-order chi connectivity index (χ0) is 20.2. The van der Waals surface area contributed by atoms with Crippen molar-refractivity contribution in [3.63, 3.8) is 0 Å². The first kappa shape index (κ1) is 20.2. The van der Waals surface area contributed by atoms with E-state index in [0.29, 0.717) is 17.2 Å². The summed E-state index contributed by atoms with van der Waals surface area (Å²) in [6, 6.07) is 11.8. The van der Waals surface area contributed by atoms with Crippen molar-refractivity contribution < 1.29 is 9.15 Å². The molecule has 0 atom stereocenters.